The number of aryl methyl sites for hydroxylation is 1. The lowest BCUT2D eigenvalue weighted by Gasteiger charge is -2.27. The molecular formula is C28H33FN6O3. The van der Waals surface area contributed by atoms with Crippen LogP contribution in [0.3, 0.4) is 0 Å². The number of hydrogen-bond acceptors (Lipinski definition) is 6. The maximum Gasteiger partial charge on any atom is 0.270 e. The second-order valence-electron chi connectivity index (χ2n) is 10.5. The second-order valence-corrected chi connectivity index (χ2v) is 10.5. The molecule has 2 aliphatic carbocycles. The third kappa shape index (κ3) is 5.39. The van der Waals surface area contributed by atoms with Crippen molar-refractivity contribution in [3.8, 4) is 16.9 Å². The van der Waals surface area contributed by atoms with E-state index in [0.29, 0.717) is 34.5 Å². The van der Waals surface area contributed by atoms with Crippen molar-refractivity contribution < 1.29 is 18.7 Å². The zero-order chi connectivity index (χ0) is 27.0. The molecule has 2 N–H and O–H groups in total. The summed E-state index contributed by atoms with van der Waals surface area (Å²) in [4.78, 5) is 35.2. The summed E-state index contributed by atoms with van der Waals surface area (Å²) in [5, 5.41) is 10.0. The molecule has 1 atom stereocenters. The predicted molar refractivity (Wildman–Crippen MR) is 140 cm³/mol. The molecule has 10 heteroatoms. The molecule has 3 aromatic heterocycles. The Labute approximate surface area is 221 Å². The normalized spacial score (nSPS) is 16.0. The summed E-state index contributed by atoms with van der Waals surface area (Å²) in [6, 6.07) is 5.71. The Hall–Kier alpha value is -3.82. The fraction of sp³-hybridized carbons (Fsp3) is 0.464. The molecule has 0 spiro atoms. The zero-order valence-electron chi connectivity index (χ0n) is 22.1. The number of carbonyl (C=O) groups is 2. The Bertz CT molecular complexity index is 1340. The third-order valence-electron chi connectivity index (χ3n) is 7.37. The second kappa shape index (κ2) is 10.5. The summed E-state index contributed by atoms with van der Waals surface area (Å²) in [6.07, 6.45) is 7.31. The smallest absolute Gasteiger partial charge is 0.270 e. The highest BCUT2D eigenvalue weighted by Crippen LogP contribution is 2.51. The van der Waals surface area contributed by atoms with Gasteiger partial charge in [-0.3, -0.25) is 19.3 Å². The van der Waals surface area contributed by atoms with Crippen molar-refractivity contribution in [2.24, 2.45) is 17.8 Å². The average molecular weight is 521 g/mol. The van der Waals surface area contributed by atoms with E-state index in [-0.39, 0.29) is 29.2 Å². The van der Waals surface area contributed by atoms with Gasteiger partial charge in [-0.25, -0.2) is 4.98 Å². The van der Waals surface area contributed by atoms with Gasteiger partial charge in [0.1, 0.15) is 23.3 Å². The van der Waals surface area contributed by atoms with Crippen LogP contribution in [0.25, 0.3) is 11.1 Å². The number of halogens is 1. The molecule has 200 valence electrons. The number of nitrogens with one attached hydrogen (secondary N) is 2. The first-order chi connectivity index (χ1) is 18.3. The molecule has 2 saturated carbocycles. The Morgan fingerprint density at radius 1 is 1.11 bits per heavy atom. The van der Waals surface area contributed by atoms with Crippen LogP contribution in [-0.2, 0) is 4.79 Å². The van der Waals surface area contributed by atoms with Crippen LogP contribution >= 0.6 is 0 Å². The van der Waals surface area contributed by atoms with Crippen molar-refractivity contribution in [2.45, 2.75) is 58.5 Å². The summed E-state index contributed by atoms with van der Waals surface area (Å²) in [5.41, 5.74) is 1.84. The summed E-state index contributed by atoms with van der Waals surface area (Å²) in [7, 11) is 1.52. The molecule has 2 fully saturated rings. The molecule has 3 aromatic rings. The lowest BCUT2D eigenvalue weighted by atomic mass is 9.88. The molecule has 3 heterocycles. The summed E-state index contributed by atoms with van der Waals surface area (Å²) < 4.78 is 22.0. The van der Waals surface area contributed by atoms with Crippen LogP contribution in [0, 0.1) is 30.6 Å². The van der Waals surface area contributed by atoms with Crippen molar-refractivity contribution in [3.63, 3.8) is 0 Å². The molecular weight excluding hydrogens is 487 g/mol. The topological polar surface area (TPSA) is 111 Å². The minimum Gasteiger partial charge on any atom is -0.495 e. The first kappa shape index (κ1) is 25.8. The molecule has 0 unspecified atom stereocenters. The van der Waals surface area contributed by atoms with Gasteiger partial charge in [-0.1, -0.05) is 0 Å². The predicted octanol–water partition coefficient (Wildman–Crippen LogP) is 4.55. The van der Waals surface area contributed by atoms with Gasteiger partial charge in [0.15, 0.2) is 0 Å². The molecule has 0 aromatic carbocycles. The number of anilines is 1. The van der Waals surface area contributed by atoms with Gasteiger partial charge in [-0.2, -0.15) is 9.49 Å². The number of amides is 2. The van der Waals surface area contributed by atoms with E-state index < -0.39 is 17.9 Å². The fourth-order valence-corrected chi connectivity index (χ4v) is 5.16. The molecule has 0 aliphatic heterocycles. The highest BCUT2D eigenvalue weighted by Gasteiger charge is 2.48. The maximum atomic E-state index is 15.1. The van der Waals surface area contributed by atoms with Crippen LogP contribution in [-0.4, -0.2) is 44.7 Å². The minimum atomic E-state index is -0.757. The number of pyridine rings is 2. The standard InChI is InChI=1S/C28H33FN6O3/c1-15(2)35-22(11-12-31-35)27(36)34-25(24(17-5-6-17)18-7-8-18)28(37)33-23-10-9-20(26(29)32-23)21-13-19(38-4)14-30-16(21)3/h9-15,17-18,24-25H,5-8H2,1-4H3,(H,34,36)(H,32,33,37)/t25-/m0/s1. The quantitative estimate of drug-likeness (QED) is 0.380. The summed E-state index contributed by atoms with van der Waals surface area (Å²) in [6.45, 7) is 5.66. The van der Waals surface area contributed by atoms with Gasteiger partial charge in [-0.15, -0.1) is 0 Å². The minimum absolute atomic E-state index is 0.00482. The highest BCUT2D eigenvalue weighted by molar-refractivity contribution is 6.00. The number of methoxy groups -OCH3 is 1. The van der Waals surface area contributed by atoms with Crippen LogP contribution < -0.4 is 15.4 Å². The van der Waals surface area contributed by atoms with Crippen molar-refractivity contribution in [1.82, 2.24) is 25.1 Å². The van der Waals surface area contributed by atoms with Crippen LogP contribution in [0.1, 0.15) is 61.8 Å². The number of ether oxygens (including phenoxy) is 1. The van der Waals surface area contributed by atoms with Gasteiger partial charge >= 0.3 is 0 Å². The first-order valence-corrected chi connectivity index (χ1v) is 13.1. The van der Waals surface area contributed by atoms with E-state index in [1.54, 1.807) is 48.3 Å². The molecule has 0 radical (unpaired) electrons. The van der Waals surface area contributed by atoms with Crippen molar-refractivity contribution in [2.75, 3.05) is 12.4 Å². The molecule has 5 rings (SSSR count). The molecule has 0 bridgehead atoms. The van der Waals surface area contributed by atoms with Gasteiger partial charge < -0.3 is 15.4 Å². The van der Waals surface area contributed by atoms with E-state index in [1.165, 1.54) is 7.11 Å². The first-order valence-electron chi connectivity index (χ1n) is 13.1. The molecule has 0 saturated heterocycles. The van der Waals surface area contributed by atoms with Crippen molar-refractivity contribution in [3.05, 3.63) is 54.0 Å². The van der Waals surface area contributed by atoms with Gasteiger partial charge in [0.25, 0.3) is 5.91 Å². The number of nitrogens with zero attached hydrogens (tertiary/aromatic N) is 4. The maximum absolute atomic E-state index is 15.1. The van der Waals surface area contributed by atoms with E-state index in [1.807, 2.05) is 13.8 Å². The number of carbonyl (C=O) groups excluding carboxylic acids is 2. The third-order valence-corrected chi connectivity index (χ3v) is 7.37. The van der Waals surface area contributed by atoms with E-state index in [9.17, 15) is 9.59 Å². The lowest BCUT2D eigenvalue weighted by molar-refractivity contribution is -0.119. The van der Waals surface area contributed by atoms with Crippen LogP contribution in [0.2, 0.25) is 0 Å². The Kier molecular flexibility index (Phi) is 7.14. The Balaban J connectivity index is 1.39. The summed E-state index contributed by atoms with van der Waals surface area (Å²) in [5.74, 6) is -0.0667. The number of aromatic nitrogens is 4. The molecule has 9 nitrogen and oxygen atoms in total. The molecule has 38 heavy (non-hydrogen) atoms. The van der Waals surface area contributed by atoms with Gasteiger partial charge in [0.05, 0.1) is 13.3 Å². The van der Waals surface area contributed by atoms with Crippen LogP contribution in [0.5, 0.6) is 5.75 Å². The van der Waals surface area contributed by atoms with Crippen LogP contribution in [0.15, 0.2) is 36.7 Å². The van der Waals surface area contributed by atoms with E-state index in [0.717, 1.165) is 25.7 Å². The SMILES string of the molecule is COc1cnc(C)c(-c2ccc(NC(=O)[C@@H](NC(=O)c3ccnn3C(C)C)C(C3CC3)C3CC3)nc2F)c1. The zero-order valence-corrected chi connectivity index (χ0v) is 22.1. The lowest BCUT2D eigenvalue weighted by Crippen LogP contribution is -2.50. The Morgan fingerprint density at radius 3 is 2.42 bits per heavy atom. The van der Waals surface area contributed by atoms with Gasteiger partial charge in [-0.05, 0) is 88.5 Å². The van der Waals surface area contributed by atoms with Gasteiger partial charge in [0, 0.05) is 29.1 Å². The monoisotopic (exact) mass is 520 g/mol. The Morgan fingerprint density at radius 2 is 1.82 bits per heavy atom. The largest absolute Gasteiger partial charge is 0.495 e. The van der Waals surface area contributed by atoms with E-state index >= 15 is 4.39 Å². The van der Waals surface area contributed by atoms with Gasteiger partial charge in [0.2, 0.25) is 11.9 Å². The molecule has 2 aliphatic rings. The van der Waals surface area contributed by atoms with Crippen molar-refractivity contribution in [1.29, 1.82) is 0 Å². The summed E-state index contributed by atoms with van der Waals surface area (Å²) >= 11 is 0. The molecule has 2 amide bonds. The number of hydrogen-bond donors (Lipinski definition) is 2. The highest BCUT2D eigenvalue weighted by atomic mass is 19.1. The van der Waals surface area contributed by atoms with E-state index in [2.05, 4.69) is 25.7 Å². The number of rotatable bonds is 10. The fourth-order valence-electron chi connectivity index (χ4n) is 5.16. The van der Waals surface area contributed by atoms with Crippen LogP contribution in [0.4, 0.5) is 10.2 Å². The average Bonchev–Trinajstić information content (AvgIpc) is 3.83. The van der Waals surface area contributed by atoms with Crippen molar-refractivity contribution >= 4 is 17.6 Å². The van der Waals surface area contributed by atoms with E-state index in [4.69, 9.17) is 4.74 Å².